The van der Waals surface area contributed by atoms with Crippen molar-refractivity contribution in [2.75, 3.05) is 12.4 Å². The lowest BCUT2D eigenvalue weighted by atomic mass is 10.0. The summed E-state index contributed by atoms with van der Waals surface area (Å²) in [7, 11) is 1.64. The summed E-state index contributed by atoms with van der Waals surface area (Å²) in [6, 6.07) is 22.1. The molecule has 4 nitrogen and oxygen atoms in total. The highest BCUT2D eigenvalue weighted by molar-refractivity contribution is 7.80. The minimum atomic E-state index is 0.435. The van der Waals surface area contributed by atoms with Crippen LogP contribution in [0.3, 0.4) is 0 Å². The molecule has 0 saturated heterocycles. The van der Waals surface area contributed by atoms with Crippen LogP contribution in [0.1, 0.15) is 12.5 Å². The van der Waals surface area contributed by atoms with E-state index in [0.29, 0.717) is 5.11 Å². The maximum atomic E-state index is 5.28. The zero-order valence-electron chi connectivity index (χ0n) is 14.1. The molecule has 0 amide bonds. The maximum absolute atomic E-state index is 5.28. The minimum Gasteiger partial charge on any atom is -0.497 e. The Morgan fingerprint density at radius 1 is 0.960 bits per heavy atom. The van der Waals surface area contributed by atoms with Gasteiger partial charge in [-0.25, -0.2) is 0 Å². The van der Waals surface area contributed by atoms with Crippen molar-refractivity contribution in [1.29, 1.82) is 0 Å². The van der Waals surface area contributed by atoms with Gasteiger partial charge in [0, 0.05) is 5.69 Å². The van der Waals surface area contributed by atoms with E-state index in [2.05, 4.69) is 46.2 Å². The summed E-state index contributed by atoms with van der Waals surface area (Å²) in [5.41, 5.74) is 5.67. The first-order chi connectivity index (χ1) is 12.2. The highest BCUT2D eigenvalue weighted by Gasteiger charge is 2.01. The lowest BCUT2D eigenvalue weighted by Gasteiger charge is -2.09. The van der Waals surface area contributed by atoms with Gasteiger partial charge in [0.1, 0.15) is 5.75 Å². The molecule has 0 fully saturated rings. The summed E-state index contributed by atoms with van der Waals surface area (Å²) >= 11 is 5.28. The summed E-state index contributed by atoms with van der Waals surface area (Å²) in [6.07, 6.45) is 0. The molecule has 0 aliphatic heterocycles. The standard InChI is InChI=1S/C20H19N3OS/c1-14(16-8-7-15-5-3-4-6-17(15)13-16)22-23-20(25)21-18-9-11-19(24-2)12-10-18/h3-13H,1-2H3,(H2,21,23,25)/b22-14-. The van der Waals surface area contributed by atoms with Crippen molar-refractivity contribution in [2.45, 2.75) is 6.92 Å². The number of fused-ring (bicyclic) bond motifs is 1. The van der Waals surface area contributed by atoms with Crippen molar-refractivity contribution in [2.24, 2.45) is 5.10 Å². The van der Waals surface area contributed by atoms with Crippen molar-refractivity contribution in [1.82, 2.24) is 5.43 Å². The summed E-state index contributed by atoms with van der Waals surface area (Å²) in [4.78, 5) is 0. The van der Waals surface area contributed by atoms with Gasteiger partial charge in [0.25, 0.3) is 0 Å². The van der Waals surface area contributed by atoms with Gasteiger partial charge in [-0.15, -0.1) is 0 Å². The third-order valence-corrected chi connectivity index (χ3v) is 4.03. The minimum absolute atomic E-state index is 0.435. The van der Waals surface area contributed by atoms with E-state index in [1.165, 1.54) is 10.8 Å². The number of ether oxygens (including phenoxy) is 1. The number of methoxy groups -OCH3 is 1. The van der Waals surface area contributed by atoms with Gasteiger partial charge in [0.15, 0.2) is 5.11 Å². The number of hydrazone groups is 1. The molecule has 126 valence electrons. The molecule has 0 aliphatic rings. The molecular formula is C20H19N3OS. The molecular weight excluding hydrogens is 330 g/mol. The normalized spacial score (nSPS) is 11.2. The van der Waals surface area contributed by atoms with E-state index in [0.717, 1.165) is 22.7 Å². The second-order valence-electron chi connectivity index (χ2n) is 5.55. The maximum Gasteiger partial charge on any atom is 0.191 e. The van der Waals surface area contributed by atoms with Gasteiger partial charge in [0.05, 0.1) is 12.8 Å². The summed E-state index contributed by atoms with van der Waals surface area (Å²) in [5.74, 6) is 0.801. The molecule has 2 N–H and O–H groups in total. The van der Waals surface area contributed by atoms with E-state index in [-0.39, 0.29) is 0 Å². The summed E-state index contributed by atoms with van der Waals surface area (Å²) in [5, 5.41) is 10.3. The molecule has 3 aromatic rings. The Labute approximate surface area is 152 Å². The first-order valence-corrected chi connectivity index (χ1v) is 8.31. The number of thiocarbonyl (C=S) groups is 1. The summed E-state index contributed by atoms with van der Waals surface area (Å²) in [6.45, 7) is 1.95. The van der Waals surface area contributed by atoms with E-state index in [1.807, 2.05) is 43.3 Å². The number of benzene rings is 3. The van der Waals surface area contributed by atoms with Crippen LogP contribution in [0, 0.1) is 0 Å². The van der Waals surface area contributed by atoms with Crippen LogP contribution >= 0.6 is 12.2 Å². The molecule has 0 aliphatic carbocycles. The lowest BCUT2D eigenvalue weighted by molar-refractivity contribution is 0.415. The molecule has 0 atom stereocenters. The molecule has 3 rings (SSSR count). The molecule has 0 heterocycles. The van der Waals surface area contributed by atoms with Crippen LogP contribution in [-0.4, -0.2) is 17.9 Å². The molecule has 25 heavy (non-hydrogen) atoms. The van der Waals surface area contributed by atoms with Gasteiger partial charge in [-0.3, -0.25) is 5.43 Å². The Kier molecular flexibility index (Phi) is 5.26. The van der Waals surface area contributed by atoms with Gasteiger partial charge in [0.2, 0.25) is 0 Å². The zero-order chi connectivity index (χ0) is 17.6. The number of nitrogens with zero attached hydrogens (tertiary/aromatic N) is 1. The third-order valence-electron chi connectivity index (χ3n) is 3.84. The number of hydrogen-bond donors (Lipinski definition) is 2. The largest absolute Gasteiger partial charge is 0.497 e. The van der Waals surface area contributed by atoms with Crippen LogP contribution in [0.5, 0.6) is 5.75 Å². The monoisotopic (exact) mass is 349 g/mol. The molecule has 0 bridgehead atoms. The second kappa shape index (κ2) is 7.77. The Hall–Kier alpha value is -2.92. The average Bonchev–Trinajstić information content (AvgIpc) is 2.66. The van der Waals surface area contributed by atoms with Crippen molar-refractivity contribution in [3.63, 3.8) is 0 Å². The molecule has 0 aromatic heterocycles. The third kappa shape index (κ3) is 4.33. The van der Waals surface area contributed by atoms with Crippen LogP contribution in [0.25, 0.3) is 10.8 Å². The molecule has 5 heteroatoms. The zero-order valence-corrected chi connectivity index (χ0v) is 14.9. The number of nitrogens with one attached hydrogen (secondary N) is 2. The van der Waals surface area contributed by atoms with Crippen LogP contribution in [0.4, 0.5) is 5.69 Å². The van der Waals surface area contributed by atoms with Gasteiger partial charge in [-0.2, -0.15) is 5.10 Å². The van der Waals surface area contributed by atoms with Gasteiger partial charge in [-0.05, 0) is 65.8 Å². The Morgan fingerprint density at radius 3 is 2.40 bits per heavy atom. The van der Waals surface area contributed by atoms with Crippen molar-refractivity contribution >= 4 is 39.5 Å². The van der Waals surface area contributed by atoms with E-state index in [4.69, 9.17) is 17.0 Å². The SMILES string of the molecule is COc1ccc(NC(=S)N/N=C(/C)c2ccc3ccccc3c2)cc1. The van der Waals surface area contributed by atoms with Gasteiger partial charge in [-0.1, -0.05) is 36.4 Å². The first kappa shape index (κ1) is 16.9. The number of rotatable bonds is 4. The average molecular weight is 349 g/mol. The first-order valence-electron chi connectivity index (χ1n) is 7.90. The highest BCUT2D eigenvalue weighted by Crippen LogP contribution is 2.16. The topological polar surface area (TPSA) is 45.6 Å². The molecule has 0 spiro atoms. The van der Waals surface area contributed by atoms with Crippen molar-refractivity contribution in [3.8, 4) is 5.75 Å². The Balaban J connectivity index is 1.65. The van der Waals surface area contributed by atoms with Crippen LogP contribution < -0.4 is 15.5 Å². The van der Waals surface area contributed by atoms with E-state index >= 15 is 0 Å². The van der Waals surface area contributed by atoms with Crippen molar-refractivity contribution < 1.29 is 4.74 Å². The lowest BCUT2D eigenvalue weighted by Crippen LogP contribution is -2.24. The van der Waals surface area contributed by atoms with E-state index < -0.39 is 0 Å². The fraction of sp³-hybridized carbons (Fsp3) is 0.100. The number of anilines is 1. The van der Waals surface area contributed by atoms with Crippen molar-refractivity contribution in [3.05, 3.63) is 72.3 Å². The fourth-order valence-corrected chi connectivity index (χ4v) is 2.61. The second-order valence-corrected chi connectivity index (χ2v) is 5.96. The van der Waals surface area contributed by atoms with Gasteiger partial charge < -0.3 is 10.1 Å². The van der Waals surface area contributed by atoms with Crippen LogP contribution in [0.15, 0.2) is 71.8 Å². The molecule has 3 aromatic carbocycles. The van der Waals surface area contributed by atoms with E-state index in [9.17, 15) is 0 Å². The predicted molar refractivity (Wildman–Crippen MR) is 109 cm³/mol. The predicted octanol–water partition coefficient (Wildman–Crippen LogP) is 4.56. The Bertz CT molecular complexity index is 920. The van der Waals surface area contributed by atoms with Gasteiger partial charge >= 0.3 is 0 Å². The quantitative estimate of drug-likeness (QED) is 0.412. The van der Waals surface area contributed by atoms with Crippen LogP contribution in [0.2, 0.25) is 0 Å². The molecule has 0 unspecified atom stereocenters. The van der Waals surface area contributed by atoms with Crippen LogP contribution in [-0.2, 0) is 0 Å². The molecule has 0 saturated carbocycles. The smallest absolute Gasteiger partial charge is 0.191 e. The fourth-order valence-electron chi connectivity index (χ4n) is 2.45. The number of hydrogen-bond acceptors (Lipinski definition) is 3. The van der Waals surface area contributed by atoms with E-state index in [1.54, 1.807) is 7.11 Å². The Morgan fingerprint density at radius 2 is 1.68 bits per heavy atom. The summed E-state index contributed by atoms with van der Waals surface area (Å²) < 4.78 is 5.13. The highest BCUT2D eigenvalue weighted by atomic mass is 32.1. The molecule has 0 radical (unpaired) electrons.